The lowest BCUT2D eigenvalue weighted by atomic mass is 10.1. The van der Waals surface area contributed by atoms with Crippen molar-refractivity contribution >= 4 is 11.7 Å². The van der Waals surface area contributed by atoms with Crippen molar-refractivity contribution in [1.29, 1.82) is 0 Å². The van der Waals surface area contributed by atoms with E-state index in [1.807, 2.05) is 26.8 Å². The molecule has 0 aliphatic carbocycles. The smallest absolute Gasteiger partial charge is 0.225 e. The molecule has 0 fully saturated rings. The first-order valence-electron chi connectivity index (χ1n) is 8.16. The Kier molecular flexibility index (Phi) is 7.95. The molecule has 0 aromatic carbocycles. The average molecular weight is 291 g/mol. The van der Waals surface area contributed by atoms with Crippen molar-refractivity contribution in [2.24, 2.45) is 5.92 Å². The average Bonchev–Trinajstić information content (AvgIpc) is 2.40. The Morgan fingerprint density at radius 1 is 1.19 bits per heavy atom. The van der Waals surface area contributed by atoms with E-state index in [2.05, 4.69) is 22.4 Å². The van der Waals surface area contributed by atoms with Crippen LogP contribution in [0.15, 0.2) is 6.07 Å². The van der Waals surface area contributed by atoms with Gasteiger partial charge in [-0.1, -0.05) is 46.5 Å². The van der Waals surface area contributed by atoms with Gasteiger partial charge in [-0.05, 0) is 37.3 Å². The van der Waals surface area contributed by atoms with Gasteiger partial charge in [0, 0.05) is 6.42 Å². The number of carbonyl (C=O) groups is 1. The first kappa shape index (κ1) is 17.6. The Balaban J connectivity index is 2.60. The van der Waals surface area contributed by atoms with Gasteiger partial charge < -0.3 is 5.32 Å². The molecule has 4 heteroatoms. The number of nitrogens with zero attached hydrogens (tertiary/aromatic N) is 2. The van der Waals surface area contributed by atoms with Crippen LogP contribution in [-0.2, 0) is 11.2 Å². The third-order valence-electron chi connectivity index (χ3n) is 3.40. The Morgan fingerprint density at radius 3 is 2.57 bits per heavy atom. The first-order valence-corrected chi connectivity index (χ1v) is 8.16. The maximum absolute atomic E-state index is 11.9. The largest absolute Gasteiger partial charge is 0.309 e. The summed E-state index contributed by atoms with van der Waals surface area (Å²) in [6.07, 6.45) is 7.68. The summed E-state index contributed by atoms with van der Waals surface area (Å²) in [4.78, 5) is 11.9. The van der Waals surface area contributed by atoms with E-state index in [-0.39, 0.29) is 5.91 Å². The number of anilines is 1. The van der Waals surface area contributed by atoms with Crippen LogP contribution in [0.1, 0.15) is 70.6 Å². The number of hydrogen-bond acceptors (Lipinski definition) is 3. The Bertz CT molecular complexity index is 444. The first-order chi connectivity index (χ1) is 10.0. The number of rotatable bonds is 9. The lowest BCUT2D eigenvalue weighted by Gasteiger charge is -2.11. The monoisotopic (exact) mass is 291 g/mol. The molecule has 4 nitrogen and oxygen atoms in total. The standard InChI is InChI=1S/C17H29N3O/c1-5-6-7-8-9-10-15-12-14(4)19-20-17(15)18-16(21)11-13(2)3/h12-13H,5-11H2,1-4H3,(H,18,20,21). The second kappa shape index (κ2) is 9.48. The molecule has 1 amide bonds. The number of hydrogen-bond donors (Lipinski definition) is 1. The molecule has 0 saturated carbocycles. The van der Waals surface area contributed by atoms with Crippen LogP contribution < -0.4 is 5.32 Å². The van der Waals surface area contributed by atoms with E-state index in [0.717, 1.165) is 24.1 Å². The molecule has 118 valence electrons. The maximum Gasteiger partial charge on any atom is 0.225 e. The topological polar surface area (TPSA) is 54.9 Å². The number of amides is 1. The molecule has 21 heavy (non-hydrogen) atoms. The Labute approximate surface area is 128 Å². The fourth-order valence-corrected chi connectivity index (χ4v) is 2.31. The van der Waals surface area contributed by atoms with Crippen molar-refractivity contribution in [1.82, 2.24) is 10.2 Å². The van der Waals surface area contributed by atoms with Crippen LogP contribution in [0.25, 0.3) is 0 Å². The Hall–Kier alpha value is -1.45. The van der Waals surface area contributed by atoms with Crippen LogP contribution in [0.2, 0.25) is 0 Å². The van der Waals surface area contributed by atoms with E-state index in [0.29, 0.717) is 18.2 Å². The summed E-state index contributed by atoms with van der Waals surface area (Å²) in [5, 5.41) is 11.1. The lowest BCUT2D eigenvalue weighted by Crippen LogP contribution is -2.17. The van der Waals surface area contributed by atoms with Crippen LogP contribution in [0.5, 0.6) is 0 Å². The van der Waals surface area contributed by atoms with E-state index in [1.165, 1.54) is 25.7 Å². The second-order valence-electron chi connectivity index (χ2n) is 6.17. The van der Waals surface area contributed by atoms with Crippen LogP contribution in [0, 0.1) is 12.8 Å². The minimum Gasteiger partial charge on any atom is -0.309 e. The van der Waals surface area contributed by atoms with Gasteiger partial charge in [0.15, 0.2) is 5.82 Å². The highest BCUT2D eigenvalue weighted by Gasteiger charge is 2.11. The van der Waals surface area contributed by atoms with Crippen LogP contribution in [-0.4, -0.2) is 16.1 Å². The maximum atomic E-state index is 11.9. The van der Waals surface area contributed by atoms with E-state index >= 15 is 0 Å². The molecule has 0 saturated heterocycles. The molecule has 1 heterocycles. The van der Waals surface area contributed by atoms with Gasteiger partial charge in [0.2, 0.25) is 5.91 Å². The van der Waals surface area contributed by atoms with Gasteiger partial charge in [0.1, 0.15) is 0 Å². The van der Waals surface area contributed by atoms with Crippen LogP contribution in [0.4, 0.5) is 5.82 Å². The van der Waals surface area contributed by atoms with Crippen molar-refractivity contribution in [3.8, 4) is 0 Å². The Morgan fingerprint density at radius 2 is 1.90 bits per heavy atom. The normalized spacial score (nSPS) is 10.9. The van der Waals surface area contributed by atoms with E-state index in [1.54, 1.807) is 0 Å². The van der Waals surface area contributed by atoms with Crippen molar-refractivity contribution in [3.05, 3.63) is 17.3 Å². The molecule has 0 unspecified atom stereocenters. The van der Waals surface area contributed by atoms with Gasteiger partial charge in [0.25, 0.3) is 0 Å². The minimum atomic E-state index is 0.0235. The third kappa shape index (κ3) is 7.21. The molecule has 0 radical (unpaired) electrons. The third-order valence-corrected chi connectivity index (χ3v) is 3.40. The van der Waals surface area contributed by atoms with Gasteiger partial charge in [-0.15, -0.1) is 5.10 Å². The fourth-order valence-electron chi connectivity index (χ4n) is 2.31. The highest BCUT2D eigenvalue weighted by Crippen LogP contribution is 2.17. The fraction of sp³-hybridized carbons (Fsp3) is 0.706. The van der Waals surface area contributed by atoms with Gasteiger partial charge in [-0.2, -0.15) is 5.10 Å². The summed E-state index contributed by atoms with van der Waals surface area (Å²) in [7, 11) is 0. The molecular weight excluding hydrogens is 262 g/mol. The molecule has 0 aliphatic heterocycles. The number of aryl methyl sites for hydroxylation is 2. The summed E-state index contributed by atoms with van der Waals surface area (Å²) >= 11 is 0. The van der Waals surface area contributed by atoms with Gasteiger partial charge in [-0.3, -0.25) is 4.79 Å². The zero-order chi connectivity index (χ0) is 15.7. The molecule has 1 aromatic heterocycles. The number of carbonyl (C=O) groups excluding carboxylic acids is 1. The minimum absolute atomic E-state index is 0.0235. The molecule has 1 rings (SSSR count). The number of unbranched alkanes of at least 4 members (excludes halogenated alkanes) is 4. The van der Waals surface area contributed by atoms with E-state index in [4.69, 9.17) is 0 Å². The summed E-state index contributed by atoms with van der Waals surface area (Å²) in [6.45, 7) is 8.23. The molecule has 1 aromatic rings. The molecular formula is C17H29N3O. The highest BCUT2D eigenvalue weighted by atomic mass is 16.1. The van der Waals surface area contributed by atoms with Crippen molar-refractivity contribution in [2.75, 3.05) is 5.32 Å². The summed E-state index contributed by atoms with van der Waals surface area (Å²) < 4.78 is 0. The SMILES string of the molecule is CCCCCCCc1cc(C)nnc1NC(=O)CC(C)C. The van der Waals surface area contributed by atoms with Crippen LogP contribution in [0.3, 0.4) is 0 Å². The van der Waals surface area contributed by atoms with E-state index < -0.39 is 0 Å². The predicted molar refractivity (Wildman–Crippen MR) is 87.3 cm³/mol. The van der Waals surface area contributed by atoms with Gasteiger partial charge >= 0.3 is 0 Å². The van der Waals surface area contributed by atoms with E-state index in [9.17, 15) is 4.79 Å². The highest BCUT2D eigenvalue weighted by molar-refractivity contribution is 5.90. The summed E-state index contributed by atoms with van der Waals surface area (Å²) in [6, 6.07) is 2.04. The van der Waals surface area contributed by atoms with Crippen LogP contribution >= 0.6 is 0 Å². The van der Waals surface area contributed by atoms with Gasteiger partial charge in [-0.25, -0.2) is 0 Å². The number of aromatic nitrogens is 2. The second-order valence-corrected chi connectivity index (χ2v) is 6.17. The zero-order valence-corrected chi connectivity index (χ0v) is 13.9. The van der Waals surface area contributed by atoms with Crippen molar-refractivity contribution < 1.29 is 4.79 Å². The molecule has 0 bridgehead atoms. The molecule has 0 atom stereocenters. The quantitative estimate of drug-likeness (QED) is 0.691. The van der Waals surface area contributed by atoms with Gasteiger partial charge in [0.05, 0.1) is 5.69 Å². The predicted octanol–water partition coefficient (Wildman–Crippen LogP) is 4.28. The molecule has 0 spiro atoms. The number of nitrogens with one attached hydrogen (secondary N) is 1. The molecule has 0 aliphatic rings. The summed E-state index contributed by atoms with van der Waals surface area (Å²) in [5.74, 6) is 1.01. The zero-order valence-electron chi connectivity index (χ0n) is 13.9. The van der Waals surface area contributed by atoms with Crippen molar-refractivity contribution in [3.63, 3.8) is 0 Å². The summed E-state index contributed by atoms with van der Waals surface area (Å²) in [5.41, 5.74) is 2.01. The lowest BCUT2D eigenvalue weighted by molar-refractivity contribution is -0.116. The molecule has 1 N–H and O–H groups in total. The van der Waals surface area contributed by atoms with Crippen molar-refractivity contribution in [2.45, 2.75) is 72.6 Å².